The molecule has 0 fully saturated rings. The lowest BCUT2D eigenvalue weighted by atomic mass is 9.88. The van der Waals surface area contributed by atoms with Gasteiger partial charge in [0.15, 0.2) is 5.69 Å². The van der Waals surface area contributed by atoms with Crippen LogP contribution in [-0.4, -0.2) is 4.57 Å². The van der Waals surface area contributed by atoms with Gasteiger partial charge in [-0.3, -0.25) is 0 Å². The van der Waals surface area contributed by atoms with Crippen molar-refractivity contribution in [2.24, 2.45) is 0 Å². The molecular formula is C27H23N2+. The second-order valence-electron chi connectivity index (χ2n) is 8.88. The van der Waals surface area contributed by atoms with Gasteiger partial charge >= 0.3 is 0 Å². The molecule has 0 aliphatic carbocycles. The lowest BCUT2D eigenvalue weighted by Gasteiger charge is -2.17. The van der Waals surface area contributed by atoms with E-state index < -0.39 is 0 Å². The van der Waals surface area contributed by atoms with Crippen LogP contribution in [0, 0.1) is 20.8 Å². The number of hydrogen-bond donors (Lipinski definition) is 0. The third kappa shape index (κ3) is 1.72. The number of aryl methyl sites for hydroxylation is 4. The van der Waals surface area contributed by atoms with Crippen LogP contribution in [0.4, 0.5) is 0 Å². The maximum Gasteiger partial charge on any atom is 0.295 e. The van der Waals surface area contributed by atoms with Gasteiger partial charge in [-0.2, -0.15) is 4.40 Å². The Kier molecular flexibility index (Phi) is 2.75. The highest BCUT2D eigenvalue weighted by Crippen LogP contribution is 2.43. The normalized spacial score (nSPS) is 14.3. The summed E-state index contributed by atoms with van der Waals surface area (Å²) in [5.74, 6) is 0. The number of rotatable bonds is 1. The van der Waals surface area contributed by atoms with Gasteiger partial charge in [-0.25, -0.2) is 4.57 Å². The highest BCUT2D eigenvalue weighted by atomic mass is 15.2. The van der Waals surface area contributed by atoms with Gasteiger partial charge in [0.2, 0.25) is 0 Å². The molecule has 0 saturated heterocycles. The van der Waals surface area contributed by atoms with Crippen LogP contribution in [-0.2, 0) is 19.4 Å². The first-order valence-electron chi connectivity index (χ1n) is 10.6. The number of nitrogens with zero attached hydrogens (tertiary/aromatic N) is 2. The zero-order valence-electron chi connectivity index (χ0n) is 17.1. The van der Waals surface area contributed by atoms with Gasteiger partial charge in [0.25, 0.3) is 5.65 Å². The molecule has 7 rings (SSSR count). The molecule has 0 radical (unpaired) electrons. The van der Waals surface area contributed by atoms with E-state index in [0.29, 0.717) is 0 Å². The first-order chi connectivity index (χ1) is 14.1. The van der Waals surface area contributed by atoms with Crippen molar-refractivity contribution in [1.82, 2.24) is 4.57 Å². The fourth-order valence-corrected chi connectivity index (χ4v) is 6.14. The highest BCUT2D eigenvalue weighted by Gasteiger charge is 2.36. The quantitative estimate of drug-likeness (QED) is 0.262. The minimum atomic E-state index is 1.000. The Balaban J connectivity index is 1.83. The zero-order valence-corrected chi connectivity index (χ0v) is 17.1. The van der Waals surface area contributed by atoms with E-state index in [9.17, 15) is 0 Å². The molecule has 2 heteroatoms. The SMILES string of the molecule is Cc1cccc(C)c1-c1ccc2c3c1c1cccc4c1[n+]1c(c(C)n(c31)C2)CC4. The summed E-state index contributed by atoms with van der Waals surface area (Å²) in [5.41, 5.74) is 14.2. The van der Waals surface area contributed by atoms with Crippen molar-refractivity contribution in [3.05, 3.63) is 82.2 Å². The average molecular weight is 375 g/mol. The Morgan fingerprint density at radius 3 is 2.41 bits per heavy atom. The molecular weight excluding hydrogens is 352 g/mol. The summed E-state index contributed by atoms with van der Waals surface area (Å²) in [4.78, 5) is 0. The number of aromatic nitrogens is 2. The number of imidazole rings is 1. The first kappa shape index (κ1) is 15.8. The summed E-state index contributed by atoms with van der Waals surface area (Å²) in [6.07, 6.45) is 2.28. The summed E-state index contributed by atoms with van der Waals surface area (Å²) in [6.45, 7) is 7.81. The Hall–Kier alpha value is -3.13. The third-order valence-corrected chi connectivity index (χ3v) is 7.40. The van der Waals surface area contributed by atoms with Gasteiger partial charge in [-0.15, -0.1) is 0 Å². The largest absolute Gasteiger partial charge is 0.295 e. The molecule has 0 bridgehead atoms. The predicted molar refractivity (Wildman–Crippen MR) is 119 cm³/mol. The van der Waals surface area contributed by atoms with Crippen LogP contribution in [0.2, 0.25) is 0 Å². The number of para-hydroxylation sites is 1. The van der Waals surface area contributed by atoms with Crippen LogP contribution in [0.15, 0.2) is 48.5 Å². The van der Waals surface area contributed by atoms with Gasteiger partial charge in [0.1, 0.15) is 17.8 Å². The molecule has 29 heavy (non-hydrogen) atoms. The molecule has 0 spiro atoms. The topological polar surface area (TPSA) is 9.03 Å². The minimum Gasteiger partial charge on any atom is -0.222 e. The molecule has 2 nitrogen and oxygen atoms in total. The van der Waals surface area contributed by atoms with Gasteiger partial charge in [-0.05, 0) is 42.5 Å². The van der Waals surface area contributed by atoms with E-state index in [1.807, 2.05) is 0 Å². The van der Waals surface area contributed by atoms with E-state index >= 15 is 0 Å². The predicted octanol–water partition coefficient (Wildman–Crippen LogP) is 5.59. The van der Waals surface area contributed by atoms with Gasteiger partial charge < -0.3 is 0 Å². The first-order valence-corrected chi connectivity index (χ1v) is 10.6. The van der Waals surface area contributed by atoms with Crippen molar-refractivity contribution >= 4 is 27.3 Å². The van der Waals surface area contributed by atoms with Crippen molar-refractivity contribution in [3.8, 4) is 11.1 Å². The fourth-order valence-electron chi connectivity index (χ4n) is 6.14. The average Bonchev–Trinajstić information content (AvgIpc) is 3.24. The monoisotopic (exact) mass is 375 g/mol. The van der Waals surface area contributed by atoms with Gasteiger partial charge in [0.05, 0.1) is 5.39 Å². The zero-order chi connectivity index (χ0) is 19.4. The van der Waals surface area contributed by atoms with Gasteiger partial charge in [0, 0.05) is 35.2 Å². The summed E-state index contributed by atoms with van der Waals surface area (Å²) in [6, 6.07) is 18.4. The highest BCUT2D eigenvalue weighted by molar-refractivity contribution is 6.18. The van der Waals surface area contributed by atoms with E-state index in [2.05, 4.69) is 78.3 Å². The van der Waals surface area contributed by atoms with Crippen molar-refractivity contribution < 1.29 is 4.40 Å². The molecule has 4 heterocycles. The van der Waals surface area contributed by atoms with Crippen LogP contribution in [0.3, 0.4) is 0 Å². The second kappa shape index (κ2) is 5.07. The van der Waals surface area contributed by atoms with Crippen LogP contribution in [0.5, 0.6) is 0 Å². The molecule has 0 saturated carbocycles. The molecule has 0 amide bonds. The van der Waals surface area contributed by atoms with Crippen molar-refractivity contribution in [2.75, 3.05) is 0 Å². The number of pyridine rings is 1. The standard InChI is InChI=1S/C27H23N2/c1-15-6-4-7-16(2)23(15)20-12-10-19-14-28-17(3)22-13-11-18-8-5-9-21-25(20)24(19)27(28)29(22)26(18)21/h4-10,12H,11,13-14H2,1-3H3/q+1. The molecule has 0 atom stereocenters. The van der Waals surface area contributed by atoms with Crippen LogP contribution in [0.25, 0.3) is 38.4 Å². The maximum atomic E-state index is 2.59. The number of benzene rings is 3. The molecule has 0 unspecified atom stereocenters. The number of fused-ring (bicyclic) bond motifs is 1. The molecule has 2 aromatic heterocycles. The van der Waals surface area contributed by atoms with E-state index in [1.54, 1.807) is 0 Å². The molecule has 2 aliphatic rings. The van der Waals surface area contributed by atoms with Crippen molar-refractivity contribution in [1.29, 1.82) is 0 Å². The Morgan fingerprint density at radius 2 is 1.59 bits per heavy atom. The van der Waals surface area contributed by atoms with Crippen LogP contribution >= 0.6 is 0 Å². The summed E-state index contributed by atoms with van der Waals surface area (Å²) < 4.78 is 5.15. The van der Waals surface area contributed by atoms with Crippen LogP contribution < -0.4 is 4.40 Å². The van der Waals surface area contributed by atoms with E-state index in [0.717, 1.165) is 19.4 Å². The Morgan fingerprint density at radius 1 is 0.793 bits per heavy atom. The van der Waals surface area contributed by atoms with Crippen molar-refractivity contribution in [2.45, 2.75) is 40.2 Å². The second-order valence-corrected chi connectivity index (χ2v) is 8.88. The minimum absolute atomic E-state index is 1.000. The molecule has 2 aliphatic heterocycles. The lowest BCUT2D eigenvalue weighted by Crippen LogP contribution is -2.31. The Bertz CT molecular complexity index is 1530. The summed E-state index contributed by atoms with van der Waals surface area (Å²) in [7, 11) is 0. The summed E-state index contributed by atoms with van der Waals surface area (Å²) in [5, 5.41) is 4.32. The van der Waals surface area contributed by atoms with E-state index in [1.165, 1.54) is 72.1 Å². The molecule has 5 aromatic rings. The Labute approximate surface area is 170 Å². The van der Waals surface area contributed by atoms with Gasteiger partial charge in [-0.1, -0.05) is 48.5 Å². The fraction of sp³-hybridized carbons (Fsp3) is 0.222. The lowest BCUT2D eigenvalue weighted by molar-refractivity contribution is -0.492. The maximum absolute atomic E-state index is 2.59. The third-order valence-electron chi connectivity index (χ3n) is 7.40. The van der Waals surface area contributed by atoms with Crippen molar-refractivity contribution in [3.63, 3.8) is 0 Å². The molecule has 3 aromatic carbocycles. The van der Waals surface area contributed by atoms with E-state index in [-0.39, 0.29) is 0 Å². The van der Waals surface area contributed by atoms with E-state index in [4.69, 9.17) is 0 Å². The molecule has 140 valence electrons. The van der Waals surface area contributed by atoms with Crippen LogP contribution in [0.1, 0.15) is 33.6 Å². The molecule has 0 N–H and O–H groups in total. The number of hydrogen-bond acceptors (Lipinski definition) is 0. The smallest absolute Gasteiger partial charge is 0.222 e. The summed E-state index contributed by atoms with van der Waals surface area (Å²) >= 11 is 0.